The highest BCUT2D eigenvalue weighted by molar-refractivity contribution is 5.98. The van der Waals surface area contributed by atoms with Gasteiger partial charge in [0.25, 0.3) is 0 Å². The van der Waals surface area contributed by atoms with Crippen molar-refractivity contribution in [3.05, 3.63) is 77.1 Å². The molecule has 2 aromatic carbocycles. The molecule has 2 aromatic rings. The number of carbonyl (C=O) groups excluding carboxylic acids is 1. The first-order valence-electron chi connectivity index (χ1n) is 8.85. The van der Waals surface area contributed by atoms with Crippen LogP contribution in [0, 0.1) is 0 Å². The van der Waals surface area contributed by atoms with Crippen molar-refractivity contribution >= 4 is 11.7 Å². The zero-order valence-corrected chi connectivity index (χ0v) is 16.2. The molecule has 0 bridgehead atoms. The van der Waals surface area contributed by atoms with Crippen LogP contribution in [0.4, 0.5) is 0 Å². The molecule has 0 spiro atoms. The molecule has 0 aliphatic heterocycles. The second-order valence-corrected chi connectivity index (χ2v) is 5.86. The molecule has 0 N–H and O–H groups in total. The molecule has 0 atom stereocenters. The van der Waals surface area contributed by atoms with Gasteiger partial charge in [0.15, 0.2) is 0 Å². The van der Waals surface area contributed by atoms with Crippen LogP contribution in [0.25, 0.3) is 0 Å². The zero-order chi connectivity index (χ0) is 19.6. The lowest BCUT2D eigenvalue weighted by Crippen LogP contribution is -2.11. The predicted molar refractivity (Wildman–Crippen MR) is 106 cm³/mol. The van der Waals surface area contributed by atoms with Crippen LogP contribution in [-0.4, -0.2) is 18.8 Å². The largest absolute Gasteiger partial charge is 0.463 e. The highest BCUT2D eigenvalue weighted by Gasteiger charge is 2.14. The first kappa shape index (κ1) is 20.2. The Balaban J connectivity index is 2.17. The summed E-state index contributed by atoms with van der Waals surface area (Å²) in [6.07, 6.45) is 2.36. The summed E-state index contributed by atoms with van der Waals surface area (Å²) >= 11 is 0. The summed E-state index contributed by atoms with van der Waals surface area (Å²) in [4.78, 5) is 17.2. The number of aryl methyl sites for hydroxylation is 1. The first-order chi connectivity index (χ1) is 13.1. The SMILES string of the molecule is CC=C(Oc1cc(C(C)=NOCc2ccccc2)ccc1CC)C(=O)OC. The summed E-state index contributed by atoms with van der Waals surface area (Å²) in [7, 11) is 1.33. The van der Waals surface area contributed by atoms with E-state index in [1.807, 2.05) is 62.4 Å². The second-order valence-electron chi connectivity index (χ2n) is 5.86. The van der Waals surface area contributed by atoms with E-state index < -0.39 is 5.97 Å². The Labute approximate surface area is 160 Å². The monoisotopic (exact) mass is 367 g/mol. The molecule has 0 saturated heterocycles. The maximum Gasteiger partial charge on any atom is 0.373 e. The average molecular weight is 367 g/mol. The zero-order valence-electron chi connectivity index (χ0n) is 16.2. The van der Waals surface area contributed by atoms with E-state index in [0.29, 0.717) is 12.4 Å². The van der Waals surface area contributed by atoms with Gasteiger partial charge >= 0.3 is 5.97 Å². The number of methoxy groups -OCH3 is 1. The maximum absolute atomic E-state index is 11.8. The normalized spacial score (nSPS) is 11.9. The number of esters is 1. The van der Waals surface area contributed by atoms with Gasteiger partial charge in [-0.1, -0.05) is 54.5 Å². The lowest BCUT2D eigenvalue weighted by atomic mass is 10.1. The molecular formula is C22H25NO4. The van der Waals surface area contributed by atoms with E-state index in [9.17, 15) is 4.79 Å². The number of carbonyl (C=O) groups is 1. The van der Waals surface area contributed by atoms with Crippen LogP contribution in [-0.2, 0) is 27.4 Å². The molecule has 0 aliphatic rings. The number of hydrogen-bond donors (Lipinski definition) is 0. The molecule has 0 radical (unpaired) electrons. The van der Waals surface area contributed by atoms with Crippen LogP contribution < -0.4 is 4.74 Å². The molecule has 0 heterocycles. The van der Waals surface area contributed by atoms with Gasteiger partial charge in [-0.3, -0.25) is 0 Å². The summed E-state index contributed by atoms with van der Waals surface area (Å²) < 4.78 is 10.5. The summed E-state index contributed by atoms with van der Waals surface area (Å²) in [5.74, 6) is 0.243. The van der Waals surface area contributed by atoms with Crippen molar-refractivity contribution < 1.29 is 19.1 Å². The Morgan fingerprint density at radius 3 is 2.52 bits per heavy atom. The molecule has 0 amide bonds. The van der Waals surface area contributed by atoms with Gasteiger partial charge in [0.1, 0.15) is 12.4 Å². The van der Waals surface area contributed by atoms with Gasteiger partial charge < -0.3 is 14.3 Å². The van der Waals surface area contributed by atoms with E-state index in [1.165, 1.54) is 7.11 Å². The fourth-order valence-electron chi connectivity index (χ4n) is 2.43. The highest BCUT2D eigenvalue weighted by atomic mass is 16.6. The molecule has 0 fully saturated rings. The Hall–Kier alpha value is -3.08. The third-order valence-corrected chi connectivity index (χ3v) is 4.01. The van der Waals surface area contributed by atoms with E-state index >= 15 is 0 Å². The van der Waals surface area contributed by atoms with Crippen LogP contribution in [0.2, 0.25) is 0 Å². The number of benzene rings is 2. The number of rotatable bonds is 8. The molecule has 0 saturated carbocycles. The van der Waals surface area contributed by atoms with Crippen LogP contribution in [0.15, 0.2) is 65.5 Å². The molecule has 5 heteroatoms. The molecule has 0 aliphatic carbocycles. The smallest absolute Gasteiger partial charge is 0.373 e. The van der Waals surface area contributed by atoms with Gasteiger partial charge in [-0.15, -0.1) is 0 Å². The quantitative estimate of drug-likeness (QED) is 0.224. The van der Waals surface area contributed by atoms with E-state index in [4.69, 9.17) is 14.3 Å². The predicted octanol–water partition coefficient (Wildman–Crippen LogP) is 4.65. The highest BCUT2D eigenvalue weighted by Crippen LogP contribution is 2.24. The summed E-state index contributed by atoms with van der Waals surface area (Å²) in [6, 6.07) is 15.6. The van der Waals surface area contributed by atoms with Crippen molar-refractivity contribution in [2.45, 2.75) is 33.8 Å². The van der Waals surface area contributed by atoms with Gasteiger partial charge in [-0.2, -0.15) is 0 Å². The first-order valence-corrected chi connectivity index (χ1v) is 8.85. The number of hydrogen-bond acceptors (Lipinski definition) is 5. The molecule has 27 heavy (non-hydrogen) atoms. The van der Waals surface area contributed by atoms with Gasteiger partial charge in [0.2, 0.25) is 5.76 Å². The number of ether oxygens (including phenoxy) is 2. The van der Waals surface area contributed by atoms with Crippen LogP contribution in [0.3, 0.4) is 0 Å². The third kappa shape index (κ3) is 5.71. The molecule has 5 nitrogen and oxygen atoms in total. The fraction of sp³-hybridized carbons (Fsp3) is 0.273. The molecule has 142 valence electrons. The fourth-order valence-corrected chi connectivity index (χ4v) is 2.43. The lowest BCUT2D eigenvalue weighted by molar-refractivity contribution is -0.138. The van der Waals surface area contributed by atoms with Gasteiger partial charge in [-0.25, -0.2) is 4.79 Å². The van der Waals surface area contributed by atoms with Crippen molar-refractivity contribution in [3.63, 3.8) is 0 Å². The molecular weight excluding hydrogens is 342 g/mol. The minimum atomic E-state index is -0.512. The van der Waals surface area contributed by atoms with E-state index in [0.717, 1.165) is 28.8 Å². The Bertz CT molecular complexity index is 825. The van der Waals surface area contributed by atoms with E-state index in [1.54, 1.807) is 13.0 Å². The average Bonchev–Trinajstić information content (AvgIpc) is 2.71. The van der Waals surface area contributed by atoms with Crippen LogP contribution >= 0.6 is 0 Å². The van der Waals surface area contributed by atoms with Gasteiger partial charge in [-0.05, 0) is 43.5 Å². The third-order valence-electron chi connectivity index (χ3n) is 4.01. The number of nitrogens with zero attached hydrogens (tertiary/aromatic N) is 1. The van der Waals surface area contributed by atoms with E-state index in [-0.39, 0.29) is 5.76 Å². The summed E-state index contributed by atoms with van der Waals surface area (Å²) in [6.45, 7) is 6.03. The summed E-state index contributed by atoms with van der Waals surface area (Å²) in [5, 5.41) is 4.19. The minimum absolute atomic E-state index is 0.152. The summed E-state index contributed by atoms with van der Waals surface area (Å²) in [5.41, 5.74) is 3.62. The van der Waals surface area contributed by atoms with Gasteiger partial charge in [0.05, 0.1) is 12.8 Å². The topological polar surface area (TPSA) is 57.1 Å². The Kier molecular flexibility index (Phi) is 7.62. The van der Waals surface area contributed by atoms with Crippen molar-refractivity contribution in [2.75, 3.05) is 7.11 Å². The van der Waals surface area contributed by atoms with Crippen molar-refractivity contribution in [2.24, 2.45) is 5.16 Å². The lowest BCUT2D eigenvalue weighted by Gasteiger charge is -2.13. The van der Waals surface area contributed by atoms with Gasteiger partial charge in [0, 0.05) is 5.56 Å². The van der Waals surface area contributed by atoms with Crippen molar-refractivity contribution in [1.82, 2.24) is 0 Å². The maximum atomic E-state index is 11.8. The molecule has 0 aromatic heterocycles. The Morgan fingerprint density at radius 1 is 1.15 bits per heavy atom. The molecule has 2 rings (SSSR count). The Morgan fingerprint density at radius 2 is 1.89 bits per heavy atom. The van der Waals surface area contributed by atoms with Crippen LogP contribution in [0.5, 0.6) is 5.75 Å². The minimum Gasteiger partial charge on any atom is -0.463 e. The van der Waals surface area contributed by atoms with Crippen LogP contribution in [0.1, 0.15) is 37.5 Å². The van der Waals surface area contributed by atoms with Crippen molar-refractivity contribution in [1.29, 1.82) is 0 Å². The number of allylic oxidation sites excluding steroid dienone is 1. The second kappa shape index (κ2) is 10.2. The standard InChI is InChI=1S/C22H25NO4/c1-5-18-12-13-19(14-21(18)27-20(6-2)22(24)25-4)16(3)23-26-15-17-10-8-7-9-11-17/h6-14H,5,15H2,1-4H3. The number of oxime groups is 1. The van der Waals surface area contributed by atoms with E-state index in [2.05, 4.69) is 5.16 Å². The molecule has 0 unspecified atom stereocenters. The van der Waals surface area contributed by atoms with Crippen molar-refractivity contribution in [3.8, 4) is 5.75 Å².